The second kappa shape index (κ2) is 6.05. The van der Waals surface area contributed by atoms with E-state index in [4.69, 9.17) is 22.8 Å². The fourth-order valence-electron chi connectivity index (χ4n) is 2.62. The van der Waals surface area contributed by atoms with Crippen molar-refractivity contribution in [2.45, 2.75) is 0 Å². The fourth-order valence-corrected chi connectivity index (χ4v) is 6.32. The van der Waals surface area contributed by atoms with Crippen LogP contribution in [0.5, 0.6) is 0 Å². The fraction of sp³-hybridized carbons (Fsp3) is 0. The minimum absolute atomic E-state index is 0.925. The molecule has 0 atom stereocenters. The summed E-state index contributed by atoms with van der Waals surface area (Å²) >= 11 is 6.54. The predicted molar refractivity (Wildman–Crippen MR) is 115 cm³/mol. The number of aromatic nitrogens is 2. The normalized spacial score (nSPS) is 11.0. The standard InChI is InChI=1S/C20H8N2S4/c1-3-11-5-7-15(23-11)19-21-13-9-18-14(10-17(13)25-19)22-20(26-18)16-8-6-12(4-2)24-16/h1-2,5-10H. The Morgan fingerprint density at radius 3 is 1.50 bits per heavy atom. The van der Waals surface area contributed by atoms with Gasteiger partial charge in [-0.15, -0.1) is 58.2 Å². The molecule has 0 bridgehead atoms. The molecule has 0 aliphatic rings. The van der Waals surface area contributed by atoms with Crippen molar-refractivity contribution in [2.75, 3.05) is 0 Å². The molecular weight excluding hydrogens is 397 g/mol. The van der Waals surface area contributed by atoms with E-state index in [1.165, 1.54) is 0 Å². The lowest BCUT2D eigenvalue weighted by atomic mass is 10.3. The van der Waals surface area contributed by atoms with Gasteiger partial charge in [-0.25, -0.2) is 9.97 Å². The molecule has 0 aliphatic heterocycles. The maximum Gasteiger partial charge on any atom is 0.134 e. The summed E-state index contributed by atoms with van der Waals surface area (Å²) in [5.41, 5.74) is 2.00. The molecule has 1 aromatic carbocycles. The number of hydrogen-bond donors (Lipinski definition) is 0. The highest BCUT2D eigenvalue weighted by Crippen LogP contribution is 2.39. The first-order valence-electron chi connectivity index (χ1n) is 7.58. The van der Waals surface area contributed by atoms with Crippen LogP contribution in [0.4, 0.5) is 0 Å². The van der Waals surface area contributed by atoms with Gasteiger partial charge in [-0.1, -0.05) is 11.8 Å². The average Bonchev–Trinajstić information content (AvgIpc) is 3.43. The van der Waals surface area contributed by atoms with Crippen molar-refractivity contribution in [3.63, 3.8) is 0 Å². The maximum atomic E-state index is 5.47. The number of terminal acetylenes is 2. The van der Waals surface area contributed by atoms with Crippen molar-refractivity contribution < 1.29 is 0 Å². The van der Waals surface area contributed by atoms with Crippen molar-refractivity contribution >= 4 is 65.8 Å². The van der Waals surface area contributed by atoms with E-state index in [1.807, 2.05) is 24.3 Å². The highest BCUT2D eigenvalue weighted by atomic mass is 32.1. The second-order valence-corrected chi connectivity index (χ2v) is 9.67. The quantitative estimate of drug-likeness (QED) is 0.322. The van der Waals surface area contributed by atoms with Crippen LogP contribution < -0.4 is 0 Å². The Morgan fingerprint density at radius 1 is 0.654 bits per heavy atom. The molecule has 0 amide bonds. The first-order valence-corrected chi connectivity index (χ1v) is 10.8. The van der Waals surface area contributed by atoms with E-state index in [0.717, 1.165) is 50.0 Å². The van der Waals surface area contributed by atoms with E-state index in [9.17, 15) is 0 Å². The van der Waals surface area contributed by atoms with Crippen LogP contribution in [0, 0.1) is 24.7 Å². The van der Waals surface area contributed by atoms with Crippen LogP contribution in [0.2, 0.25) is 0 Å². The molecule has 0 saturated heterocycles. The zero-order valence-electron chi connectivity index (χ0n) is 13.1. The molecule has 0 fully saturated rings. The molecule has 6 heteroatoms. The molecule has 26 heavy (non-hydrogen) atoms. The zero-order valence-corrected chi connectivity index (χ0v) is 16.4. The van der Waals surface area contributed by atoms with Gasteiger partial charge in [0.15, 0.2) is 0 Å². The van der Waals surface area contributed by atoms with Crippen LogP contribution in [0.25, 0.3) is 40.2 Å². The third-order valence-corrected chi connectivity index (χ3v) is 8.22. The lowest BCUT2D eigenvalue weighted by Crippen LogP contribution is -1.71. The Balaban J connectivity index is 1.60. The van der Waals surface area contributed by atoms with Crippen LogP contribution >= 0.6 is 45.3 Å². The minimum Gasteiger partial charge on any atom is -0.235 e. The smallest absolute Gasteiger partial charge is 0.134 e. The van der Waals surface area contributed by atoms with Crippen molar-refractivity contribution in [1.82, 2.24) is 9.97 Å². The monoisotopic (exact) mass is 404 g/mol. The first kappa shape index (κ1) is 15.7. The number of rotatable bonds is 2. The third-order valence-electron chi connectivity index (χ3n) is 3.82. The molecule has 5 aromatic rings. The Kier molecular flexibility index (Phi) is 3.66. The lowest BCUT2D eigenvalue weighted by molar-refractivity contribution is 1.49. The molecule has 0 spiro atoms. The van der Waals surface area contributed by atoms with Gasteiger partial charge in [-0.2, -0.15) is 0 Å². The molecule has 0 radical (unpaired) electrons. The summed E-state index contributed by atoms with van der Waals surface area (Å²) < 4.78 is 2.27. The van der Waals surface area contributed by atoms with Gasteiger partial charge in [-0.3, -0.25) is 0 Å². The van der Waals surface area contributed by atoms with E-state index >= 15 is 0 Å². The topological polar surface area (TPSA) is 25.8 Å². The largest absolute Gasteiger partial charge is 0.235 e. The van der Waals surface area contributed by atoms with Crippen molar-refractivity contribution in [3.05, 3.63) is 46.2 Å². The Hall–Kier alpha value is -2.48. The van der Waals surface area contributed by atoms with E-state index in [-0.39, 0.29) is 0 Å². The number of hydrogen-bond acceptors (Lipinski definition) is 6. The van der Waals surface area contributed by atoms with E-state index in [1.54, 1.807) is 45.3 Å². The summed E-state index contributed by atoms with van der Waals surface area (Å²) in [5.74, 6) is 5.35. The van der Waals surface area contributed by atoms with E-state index < -0.39 is 0 Å². The van der Waals surface area contributed by atoms with Gasteiger partial charge in [0.1, 0.15) is 10.0 Å². The predicted octanol–water partition coefficient (Wildman–Crippen LogP) is 6.33. The van der Waals surface area contributed by atoms with E-state index in [2.05, 4.69) is 24.0 Å². The summed E-state index contributed by atoms with van der Waals surface area (Å²) in [6.45, 7) is 0. The number of nitrogens with zero attached hydrogens (tertiary/aromatic N) is 2. The highest BCUT2D eigenvalue weighted by molar-refractivity contribution is 7.27. The van der Waals surface area contributed by atoms with Gasteiger partial charge in [0.05, 0.1) is 39.9 Å². The minimum atomic E-state index is 0.925. The zero-order chi connectivity index (χ0) is 17.7. The summed E-state index contributed by atoms with van der Waals surface area (Å²) in [6, 6.07) is 12.2. The molecule has 4 aromatic heterocycles. The summed E-state index contributed by atoms with van der Waals surface area (Å²) in [4.78, 5) is 13.7. The van der Waals surface area contributed by atoms with Crippen molar-refractivity contribution in [2.24, 2.45) is 0 Å². The number of thiophene rings is 2. The molecule has 5 rings (SSSR count). The van der Waals surface area contributed by atoms with Gasteiger partial charge in [-0.05, 0) is 36.4 Å². The van der Waals surface area contributed by atoms with E-state index in [0.29, 0.717) is 0 Å². The molecule has 122 valence electrons. The Morgan fingerprint density at radius 2 is 1.12 bits per heavy atom. The molecule has 2 nitrogen and oxygen atoms in total. The first-order chi connectivity index (χ1) is 12.7. The third kappa shape index (κ3) is 2.56. The van der Waals surface area contributed by atoms with Crippen molar-refractivity contribution in [1.29, 1.82) is 0 Å². The molecular formula is C20H8N2S4. The molecule has 0 aliphatic carbocycles. The number of thiazole rings is 2. The summed E-state index contributed by atoms with van der Waals surface area (Å²) in [7, 11) is 0. The highest BCUT2D eigenvalue weighted by Gasteiger charge is 2.13. The van der Waals surface area contributed by atoms with Crippen LogP contribution in [0.1, 0.15) is 9.75 Å². The summed E-state index contributed by atoms with van der Waals surface area (Å²) in [6.07, 6.45) is 10.9. The van der Waals surface area contributed by atoms with Gasteiger partial charge in [0, 0.05) is 0 Å². The van der Waals surface area contributed by atoms with Crippen LogP contribution in [-0.4, -0.2) is 9.97 Å². The maximum absolute atomic E-state index is 5.47. The Labute approximate surface area is 165 Å². The average molecular weight is 405 g/mol. The van der Waals surface area contributed by atoms with Crippen LogP contribution in [-0.2, 0) is 0 Å². The lowest BCUT2D eigenvalue weighted by Gasteiger charge is -1.86. The number of fused-ring (bicyclic) bond motifs is 2. The van der Waals surface area contributed by atoms with Gasteiger partial charge in [0.2, 0.25) is 0 Å². The molecule has 4 heterocycles. The van der Waals surface area contributed by atoms with Gasteiger partial charge in [0.25, 0.3) is 0 Å². The SMILES string of the molecule is C#Cc1ccc(-c2nc3cc4sc(-c5ccc(C#C)s5)nc4cc3s2)s1. The molecule has 0 N–H and O–H groups in total. The van der Waals surface area contributed by atoms with Gasteiger partial charge < -0.3 is 0 Å². The molecule has 0 unspecified atom stereocenters. The van der Waals surface area contributed by atoms with Crippen LogP contribution in [0.3, 0.4) is 0 Å². The second-order valence-electron chi connectivity index (χ2n) is 5.44. The number of benzene rings is 1. The molecule has 0 saturated carbocycles. The summed E-state index contributed by atoms with van der Waals surface area (Å²) in [5, 5.41) is 2.00. The van der Waals surface area contributed by atoms with Crippen molar-refractivity contribution in [3.8, 4) is 44.5 Å². The van der Waals surface area contributed by atoms with Gasteiger partial charge >= 0.3 is 0 Å². The Bertz CT molecular complexity index is 1210. The van der Waals surface area contributed by atoms with Crippen LogP contribution in [0.15, 0.2) is 36.4 Å².